The van der Waals surface area contributed by atoms with Gasteiger partial charge in [-0.1, -0.05) is 48.0 Å². The second kappa shape index (κ2) is 9.11. The SMILES string of the molecule is Cc1ccc(S(=O)(=O)N(C)C(Cc2ccc(Oc3ccccc3)cc2)C(=O)O)cc1. The number of likely N-dealkylation sites (N-methyl/N-ethyl adjacent to an activating group) is 1. The van der Waals surface area contributed by atoms with E-state index in [-0.39, 0.29) is 11.3 Å². The van der Waals surface area contributed by atoms with Gasteiger partial charge >= 0.3 is 5.97 Å². The van der Waals surface area contributed by atoms with E-state index in [1.165, 1.54) is 19.2 Å². The lowest BCUT2D eigenvalue weighted by Gasteiger charge is -2.24. The van der Waals surface area contributed by atoms with Crippen molar-refractivity contribution in [2.24, 2.45) is 0 Å². The van der Waals surface area contributed by atoms with Crippen LogP contribution in [0.5, 0.6) is 11.5 Å². The van der Waals surface area contributed by atoms with Crippen molar-refractivity contribution in [2.75, 3.05) is 7.05 Å². The topological polar surface area (TPSA) is 83.9 Å². The summed E-state index contributed by atoms with van der Waals surface area (Å²) in [6, 6.07) is 21.3. The molecule has 3 aromatic rings. The molecule has 0 saturated carbocycles. The Labute approximate surface area is 176 Å². The summed E-state index contributed by atoms with van der Waals surface area (Å²) >= 11 is 0. The van der Waals surface area contributed by atoms with Gasteiger partial charge in [0.15, 0.2) is 0 Å². The van der Waals surface area contributed by atoms with E-state index >= 15 is 0 Å². The zero-order valence-corrected chi connectivity index (χ0v) is 17.5. The molecular weight excluding hydrogens is 402 g/mol. The third kappa shape index (κ3) is 5.06. The second-order valence-corrected chi connectivity index (χ2v) is 8.95. The molecule has 0 amide bonds. The molecule has 156 valence electrons. The molecule has 1 N–H and O–H groups in total. The summed E-state index contributed by atoms with van der Waals surface area (Å²) in [6.07, 6.45) is 0.0303. The number of rotatable bonds is 8. The second-order valence-electron chi connectivity index (χ2n) is 6.95. The fourth-order valence-corrected chi connectivity index (χ4v) is 4.27. The van der Waals surface area contributed by atoms with Crippen LogP contribution in [0.3, 0.4) is 0 Å². The summed E-state index contributed by atoms with van der Waals surface area (Å²) < 4.78 is 32.4. The van der Waals surface area contributed by atoms with Crippen molar-refractivity contribution in [1.82, 2.24) is 4.31 Å². The number of benzene rings is 3. The zero-order valence-electron chi connectivity index (χ0n) is 16.7. The highest BCUT2D eigenvalue weighted by atomic mass is 32.2. The molecule has 0 saturated heterocycles. The normalized spacial score (nSPS) is 12.5. The fraction of sp³-hybridized carbons (Fsp3) is 0.174. The standard InChI is InChI=1S/C23H23NO5S/c1-17-8-14-21(15-9-17)30(27,28)24(2)22(23(25)26)16-18-10-12-20(13-11-18)29-19-6-4-3-5-7-19/h3-15,22H,16H2,1-2H3,(H,25,26). The van der Waals surface area contributed by atoms with Gasteiger partial charge in [0.25, 0.3) is 0 Å². The van der Waals surface area contributed by atoms with Gasteiger partial charge < -0.3 is 9.84 Å². The van der Waals surface area contributed by atoms with Gasteiger partial charge in [0, 0.05) is 7.05 Å². The highest BCUT2D eigenvalue weighted by Crippen LogP contribution is 2.23. The summed E-state index contributed by atoms with van der Waals surface area (Å²) in [5.41, 5.74) is 1.61. The monoisotopic (exact) mass is 425 g/mol. The van der Waals surface area contributed by atoms with Crippen molar-refractivity contribution >= 4 is 16.0 Å². The molecule has 0 fully saturated rings. The summed E-state index contributed by atoms with van der Waals surface area (Å²) in [5, 5.41) is 9.68. The van der Waals surface area contributed by atoms with Crippen molar-refractivity contribution in [1.29, 1.82) is 0 Å². The minimum Gasteiger partial charge on any atom is -0.480 e. The lowest BCUT2D eigenvalue weighted by atomic mass is 10.1. The van der Waals surface area contributed by atoms with Crippen molar-refractivity contribution < 1.29 is 23.1 Å². The van der Waals surface area contributed by atoms with Crippen LogP contribution in [0.4, 0.5) is 0 Å². The summed E-state index contributed by atoms with van der Waals surface area (Å²) in [6.45, 7) is 1.85. The van der Waals surface area contributed by atoms with Crippen LogP contribution < -0.4 is 4.74 Å². The maximum atomic E-state index is 12.9. The van der Waals surface area contributed by atoms with Crippen LogP contribution in [0, 0.1) is 6.92 Å². The maximum Gasteiger partial charge on any atom is 0.322 e. The minimum atomic E-state index is -3.94. The van der Waals surface area contributed by atoms with Gasteiger partial charge in [-0.2, -0.15) is 4.31 Å². The van der Waals surface area contributed by atoms with Gasteiger partial charge in [-0.25, -0.2) is 8.42 Å². The largest absolute Gasteiger partial charge is 0.480 e. The van der Waals surface area contributed by atoms with Crippen molar-refractivity contribution in [3.63, 3.8) is 0 Å². The smallest absolute Gasteiger partial charge is 0.322 e. The quantitative estimate of drug-likeness (QED) is 0.587. The molecule has 0 aliphatic carbocycles. The maximum absolute atomic E-state index is 12.9. The predicted octanol–water partition coefficient (Wildman–Crippen LogP) is 4.10. The molecule has 1 atom stereocenters. The van der Waals surface area contributed by atoms with Gasteiger partial charge in [-0.05, 0) is 55.3 Å². The molecular formula is C23H23NO5S. The Balaban J connectivity index is 1.76. The summed E-state index contributed by atoms with van der Waals surface area (Å²) in [4.78, 5) is 11.9. The number of carbonyl (C=O) groups is 1. The molecule has 0 spiro atoms. The average molecular weight is 426 g/mol. The van der Waals surface area contributed by atoms with Crippen LogP contribution in [-0.4, -0.2) is 36.9 Å². The van der Waals surface area contributed by atoms with Gasteiger partial charge in [0.2, 0.25) is 10.0 Å². The molecule has 1 unspecified atom stereocenters. The number of para-hydroxylation sites is 1. The van der Waals surface area contributed by atoms with Crippen LogP contribution in [0.2, 0.25) is 0 Å². The van der Waals surface area contributed by atoms with E-state index in [0.29, 0.717) is 17.1 Å². The van der Waals surface area contributed by atoms with Gasteiger partial charge in [0.05, 0.1) is 4.90 Å². The Bertz CT molecular complexity index is 1090. The van der Waals surface area contributed by atoms with Crippen molar-refractivity contribution in [3.8, 4) is 11.5 Å². The first kappa shape index (κ1) is 21.5. The number of carboxylic acids is 1. The third-order valence-electron chi connectivity index (χ3n) is 4.75. The number of ether oxygens (including phenoxy) is 1. The molecule has 0 heterocycles. The number of hydrogen-bond donors (Lipinski definition) is 1. The lowest BCUT2D eigenvalue weighted by molar-refractivity contribution is -0.141. The fourth-order valence-electron chi connectivity index (χ4n) is 2.96. The van der Waals surface area contributed by atoms with Gasteiger partial charge in [-0.15, -0.1) is 0 Å². The molecule has 3 aromatic carbocycles. The molecule has 6 nitrogen and oxygen atoms in total. The summed E-state index contributed by atoms with van der Waals surface area (Å²) in [7, 11) is -2.65. The van der Waals surface area contributed by atoms with E-state index in [9.17, 15) is 18.3 Å². The first-order valence-electron chi connectivity index (χ1n) is 9.37. The summed E-state index contributed by atoms with van der Waals surface area (Å²) in [5.74, 6) is 0.0906. The van der Waals surface area contributed by atoms with Gasteiger partial charge in [-0.3, -0.25) is 4.79 Å². The van der Waals surface area contributed by atoms with Crippen LogP contribution in [0.1, 0.15) is 11.1 Å². The van der Waals surface area contributed by atoms with Crippen LogP contribution in [0.25, 0.3) is 0 Å². The molecule has 30 heavy (non-hydrogen) atoms. The zero-order chi connectivity index (χ0) is 21.7. The van der Waals surface area contributed by atoms with E-state index in [0.717, 1.165) is 9.87 Å². The number of aryl methyl sites for hydroxylation is 1. The Morgan fingerprint density at radius 2 is 1.50 bits per heavy atom. The Kier molecular flexibility index (Phi) is 6.54. The van der Waals surface area contributed by atoms with E-state index in [1.54, 1.807) is 36.4 Å². The molecule has 0 radical (unpaired) electrons. The number of hydrogen-bond acceptors (Lipinski definition) is 4. The Morgan fingerprint density at radius 1 is 0.933 bits per heavy atom. The molecule has 3 rings (SSSR count). The first-order valence-corrected chi connectivity index (χ1v) is 10.8. The molecule has 0 aromatic heterocycles. The number of carboxylic acid groups (broad SMARTS) is 1. The number of nitrogens with zero attached hydrogens (tertiary/aromatic N) is 1. The third-order valence-corrected chi connectivity index (χ3v) is 6.63. The average Bonchev–Trinajstić information content (AvgIpc) is 2.73. The molecule has 0 aliphatic heterocycles. The van der Waals surface area contributed by atoms with E-state index in [1.807, 2.05) is 37.3 Å². The van der Waals surface area contributed by atoms with Crippen LogP contribution in [-0.2, 0) is 21.2 Å². The van der Waals surface area contributed by atoms with Crippen LogP contribution in [0.15, 0.2) is 83.8 Å². The van der Waals surface area contributed by atoms with Crippen molar-refractivity contribution in [2.45, 2.75) is 24.3 Å². The number of aliphatic carboxylic acids is 1. The van der Waals surface area contributed by atoms with Crippen molar-refractivity contribution in [3.05, 3.63) is 90.0 Å². The highest BCUT2D eigenvalue weighted by Gasteiger charge is 2.32. The van der Waals surface area contributed by atoms with E-state index < -0.39 is 22.0 Å². The Hall–Kier alpha value is -3.16. The van der Waals surface area contributed by atoms with Gasteiger partial charge in [0.1, 0.15) is 17.5 Å². The number of sulfonamides is 1. The predicted molar refractivity (Wildman–Crippen MR) is 114 cm³/mol. The van der Waals surface area contributed by atoms with E-state index in [2.05, 4.69) is 0 Å². The minimum absolute atomic E-state index is 0.0303. The molecule has 0 bridgehead atoms. The highest BCUT2D eigenvalue weighted by molar-refractivity contribution is 7.89. The molecule has 7 heteroatoms. The van der Waals surface area contributed by atoms with E-state index in [4.69, 9.17) is 4.74 Å². The lowest BCUT2D eigenvalue weighted by Crippen LogP contribution is -2.43. The van der Waals surface area contributed by atoms with Crippen LogP contribution >= 0.6 is 0 Å². The molecule has 0 aliphatic rings. The Morgan fingerprint density at radius 3 is 2.07 bits per heavy atom. The first-order chi connectivity index (χ1) is 14.3.